The molecule has 2 aliphatic rings. The molecule has 0 aromatic rings. The van der Waals surface area contributed by atoms with Gasteiger partial charge in [-0.15, -0.1) is 0 Å². The molecule has 2 heteroatoms. The number of hydrogen-bond donors (Lipinski definition) is 1. The molecule has 0 aromatic carbocycles. The fourth-order valence-electron chi connectivity index (χ4n) is 4.07. The monoisotopic (exact) mass is 248 g/mol. The maximum Gasteiger partial charge on any atom is 0.330 e. The molecule has 2 aliphatic carbocycles. The highest BCUT2D eigenvalue weighted by Gasteiger charge is 2.40. The van der Waals surface area contributed by atoms with Crippen LogP contribution in [0.2, 0.25) is 0 Å². The highest BCUT2D eigenvalue weighted by molar-refractivity contribution is 5.85. The molecule has 0 aliphatic heterocycles. The lowest BCUT2D eigenvalue weighted by Crippen LogP contribution is -2.27. The number of aliphatic carboxylic acids is 1. The van der Waals surface area contributed by atoms with E-state index in [0.29, 0.717) is 17.4 Å². The largest absolute Gasteiger partial charge is 0.478 e. The van der Waals surface area contributed by atoms with Gasteiger partial charge in [0.1, 0.15) is 0 Å². The highest BCUT2D eigenvalue weighted by Crippen LogP contribution is 2.50. The van der Waals surface area contributed by atoms with Crippen LogP contribution >= 0.6 is 0 Å². The normalized spacial score (nSPS) is 36.8. The van der Waals surface area contributed by atoms with E-state index in [1.807, 2.05) is 6.08 Å². The zero-order chi connectivity index (χ0) is 13.4. The van der Waals surface area contributed by atoms with Gasteiger partial charge < -0.3 is 5.11 Å². The summed E-state index contributed by atoms with van der Waals surface area (Å²) in [6.45, 7) is 8.64. The van der Waals surface area contributed by atoms with E-state index in [9.17, 15) is 4.79 Å². The molecular weight excluding hydrogens is 224 g/mol. The maximum absolute atomic E-state index is 11.0. The van der Waals surface area contributed by atoms with Crippen molar-refractivity contribution in [2.24, 2.45) is 23.7 Å². The van der Waals surface area contributed by atoms with Crippen LogP contribution in [0.3, 0.4) is 0 Å². The first-order chi connectivity index (χ1) is 8.41. The van der Waals surface area contributed by atoms with Gasteiger partial charge in [0.2, 0.25) is 0 Å². The van der Waals surface area contributed by atoms with Crippen LogP contribution in [0, 0.1) is 23.7 Å². The molecule has 0 aromatic heterocycles. The number of carbonyl (C=O) groups is 1. The Bertz CT molecular complexity index is 417. The molecule has 1 fully saturated rings. The Kier molecular flexibility index (Phi) is 3.65. The zero-order valence-corrected chi connectivity index (χ0v) is 11.9. The molecule has 4 atom stereocenters. The fraction of sp³-hybridized carbons (Fsp3) is 0.688. The average molecular weight is 248 g/mol. The van der Waals surface area contributed by atoms with Crippen molar-refractivity contribution in [3.8, 4) is 0 Å². The predicted octanol–water partition coefficient (Wildman–Crippen LogP) is 4.04. The Labute approximate surface area is 110 Å². The molecule has 18 heavy (non-hydrogen) atoms. The van der Waals surface area contributed by atoms with Gasteiger partial charge in [-0.25, -0.2) is 4.79 Å². The zero-order valence-electron chi connectivity index (χ0n) is 11.9. The first-order valence-corrected chi connectivity index (χ1v) is 7.03. The minimum atomic E-state index is -0.783. The van der Waals surface area contributed by atoms with Crippen LogP contribution in [0.25, 0.3) is 0 Å². The second kappa shape index (κ2) is 4.91. The van der Waals surface area contributed by atoms with Crippen LogP contribution in [0.5, 0.6) is 0 Å². The summed E-state index contributed by atoms with van der Waals surface area (Å²) in [5.41, 5.74) is 3.56. The highest BCUT2D eigenvalue weighted by atomic mass is 16.4. The average Bonchev–Trinajstić information content (AvgIpc) is 2.59. The van der Waals surface area contributed by atoms with Crippen molar-refractivity contribution in [3.05, 3.63) is 22.8 Å². The second-order valence-electron chi connectivity index (χ2n) is 6.26. The molecular formula is C16H24O2. The summed E-state index contributed by atoms with van der Waals surface area (Å²) < 4.78 is 0. The number of rotatable bonds is 2. The standard InChI is InChI=1S/C16H24O2/c1-9-5-6-13(8-12(4)16(17)18)15-11(3)7-10(2)14(9)15/h8-10,13-14H,5-7H2,1-4H3,(H,17,18)/b12-8+/t9?,10?,13-,14?/m0/s1. The second-order valence-corrected chi connectivity index (χ2v) is 6.26. The van der Waals surface area contributed by atoms with Gasteiger partial charge >= 0.3 is 5.97 Å². The topological polar surface area (TPSA) is 37.3 Å². The van der Waals surface area contributed by atoms with Crippen LogP contribution in [0.15, 0.2) is 22.8 Å². The third-order valence-corrected chi connectivity index (χ3v) is 4.83. The molecule has 2 rings (SSSR count). The minimum Gasteiger partial charge on any atom is -0.478 e. The Hall–Kier alpha value is -1.05. The van der Waals surface area contributed by atoms with Gasteiger partial charge in [0.05, 0.1) is 0 Å². The lowest BCUT2D eigenvalue weighted by molar-refractivity contribution is -0.132. The van der Waals surface area contributed by atoms with Gasteiger partial charge in [0.15, 0.2) is 0 Å². The molecule has 0 bridgehead atoms. The van der Waals surface area contributed by atoms with E-state index in [1.165, 1.54) is 18.4 Å². The first-order valence-electron chi connectivity index (χ1n) is 7.03. The predicted molar refractivity (Wildman–Crippen MR) is 73.3 cm³/mol. The van der Waals surface area contributed by atoms with Gasteiger partial charge in [0.25, 0.3) is 0 Å². The van der Waals surface area contributed by atoms with Crippen molar-refractivity contribution in [2.75, 3.05) is 0 Å². The molecule has 100 valence electrons. The van der Waals surface area contributed by atoms with Crippen LogP contribution in [-0.4, -0.2) is 11.1 Å². The Morgan fingerprint density at radius 2 is 1.94 bits per heavy atom. The van der Waals surface area contributed by atoms with Crippen molar-refractivity contribution in [1.82, 2.24) is 0 Å². The molecule has 0 amide bonds. The van der Waals surface area contributed by atoms with Crippen molar-refractivity contribution < 1.29 is 9.90 Å². The molecule has 0 spiro atoms. The third kappa shape index (κ3) is 2.25. The van der Waals surface area contributed by atoms with E-state index >= 15 is 0 Å². The molecule has 1 saturated carbocycles. The summed E-state index contributed by atoms with van der Waals surface area (Å²) >= 11 is 0. The summed E-state index contributed by atoms with van der Waals surface area (Å²) in [6, 6.07) is 0. The summed E-state index contributed by atoms with van der Waals surface area (Å²) in [5, 5.41) is 9.04. The van der Waals surface area contributed by atoms with E-state index in [2.05, 4.69) is 20.8 Å². The van der Waals surface area contributed by atoms with Crippen molar-refractivity contribution in [1.29, 1.82) is 0 Å². The fourth-order valence-corrected chi connectivity index (χ4v) is 4.07. The van der Waals surface area contributed by atoms with Crippen LogP contribution in [0.4, 0.5) is 0 Å². The van der Waals surface area contributed by atoms with Gasteiger partial charge in [-0.05, 0) is 56.8 Å². The van der Waals surface area contributed by atoms with Crippen LogP contribution in [0.1, 0.15) is 47.0 Å². The van der Waals surface area contributed by atoms with Crippen molar-refractivity contribution in [3.63, 3.8) is 0 Å². The third-order valence-electron chi connectivity index (χ3n) is 4.83. The van der Waals surface area contributed by atoms with Crippen LogP contribution < -0.4 is 0 Å². The number of hydrogen-bond acceptors (Lipinski definition) is 1. The van der Waals surface area contributed by atoms with Gasteiger partial charge in [-0.2, -0.15) is 0 Å². The molecule has 0 radical (unpaired) electrons. The Balaban J connectivity index is 2.31. The number of carboxylic acids is 1. The van der Waals surface area contributed by atoms with Gasteiger partial charge in [-0.1, -0.05) is 31.1 Å². The summed E-state index contributed by atoms with van der Waals surface area (Å²) in [4.78, 5) is 11.0. The summed E-state index contributed by atoms with van der Waals surface area (Å²) in [7, 11) is 0. The Morgan fingerprint density at radius 1 is 1.28 bits per heavy atom. The number of carboxylic acid groups (broad SMARTS) is 1. The van der Waals surface area contributed by atoms with Gasteiger partial charge in [-0.3, -0.25) is 0 Å². The van der Waals surface area contributed by atoms with Crippen LogP contribution in [-0.2, 0) is 4.79 Å². The lowest BCUT2D eigenvalue weighted by Gasteiger charge is -2.36. The molecule has 0 saturated heterocycles. The number of fused-ring (bicyclic) bond motifs is 1. The van der Waals surface area contributed by atoms with E-state index in [4.69, 9.17) is 5.11 Å². The minimum absolute atomic E-state index is 0.368. The van der Waals surface area contributed by atoms with E-state index in [0.717, 1.165) is 18.3 Å². The Morgan fingerprint density at radius 3 is 2.56 bits per heavy atom. The summed E-state index contributed by atoms with van der Waals surface area (Å²) in [6.07, 6.45) is 5.51. The molecule has 1 N–H and O–H groups in total. The van der Waals surface area contributed by atoms with Gasteiger partial charge in [0, 0.05) is 5.57 Å². The van der Waals surface area contributed by atoms with E-state index < -0.39 is 5.97 Å². The smallest absolute Gasteiger partial charge is 0.330 e. The quantitative estimate of drug-likeness (QED) is 0.591. The van der Waals surface area contributed by atoms with Crippen molar-refractivity contribution in [2.45, 2.75) is 47.0 Å². The molecule has 2 nitrogen and oxygen atoms in total. The van der Waals surface area contributed by atoms with E-state index in [-0.39, 0.29) is 0 Å². The number of allylic oxidation sites excluding steroid dienone is 3. The molecule has 3 unspecified atom stereocenters. The first kappa shape index (κ1) is 13.4. The lowest BCUT2D eigenvalue weighted by atomic mass is 9.69. The van der Waals surface area contributed by atoms with E-state index in [1.54, 1.807) is 12.5 Å². The maximum atomic E-state index is 11.0. The molecule has 0 heterocycles. The SMILES string of the molecule is CC1=C2C(C(C)CC[C@H]2/C=C(\C)C(=O)O)C(C)C1. The van der Waals surface area contributed by atoms with Crippen molar-refractivity contribution >= 4 is 5.97 Å². The summed E-state index contributed by atoms with van der Waals surface area (Å²) in [5.74, 6) is 1.75.